The van der Waals surface area contributed by atoms with E-state index in [-0.39, 0.29) is 5.92 Å². The average Bonchev–Trinajstić information content (AvgIpc) is 3.01. The van der Waals surface area contributed by atoms with Crippen LogP contribution in [0.3, 0.4) is 0 Å². The van der Waals surface area contributed by atoms with E-state index in [2.05, 4.69) is 27.3 Å². The number of carbonyl (C=O) groups is 1. The van der Waals surface area contributed by atoms with Crippen LogP contribution in [0.15, 0.2) is 17.5 Å². The lowest BCUT2D eigenvalue weighted by Crippen LogP contribution is -2.50. The first-order valence-electron chi connectivity index (χ1n) is 7.44. The first-order chi connectivity index (χ1) is 9.83. The molecule has 0 aliphatic carbocycles. The van der Waals surface area contributed by atoms with Crippen LogP contribution in [0.1, 0.15) is 17.7 Å². The largest absolute Gasteiger partial charge is 0.381 e. The van der Waals surface area contributed by atoms with E-state index in [0.29, 0.717) is 5.91 Å². The van der Waals surface area contributed by atoms with E-state index in [9.17, 15) is 4.79 Å². The number of rotatable bonds is 3. The molecule has 20 heavy (non-hydrogen) atoms. The van der Waals surface area contributed by atoms with Crippen molar-refractivity contribution in [3.63, 3.8) is 0 Å². The predicted octanol–water partition coefficient (Wildman–Crippen LogP) is 1.82. The third kappa shape index (κ3) is 3.40. The Bertz CT molecular complexity index is 421. The van der Waals surface area contributed by atoms with Gasteiger partial charge in [0.05, 0.1) is 0 Å². The molecule has 4 nitrogen and oxygen atoms in total. The van der Waals surface area contributed by atoms with Gasteiger partial charge in [0.15, 0.2) is 0 Å². The lowest BCUT2D eigenvalue weighted by molar-refractivity contribution is -0.140. The molecule has 0 N–H and O–H groups in total. The van der Waals surface area contributed by atoms with Crippen molar-refractivity contribution >= 4 is 17.2 Å². The van der Waals surface area contributed by atoms with Crippen LogP contribution in [0.2, 0.25) is 0 Å². The molecule has 0 bridgehead atoms. The first kappa shape index (κ1) is 14.0. The average molecular weight is 294 g/mol. The Labute approximate surface area is 124 Å². The fourth-order valence-electron chi connectivity index (χ4n) is 2.95. The van der Waals surface area contributed by atoms with Gasteiger partial charge in [0.25, 0.3) is 0 Å². The standard InChI is InChI=1S/C15H22N2O2S/c18-15(13-3-9-19-10-4-13)17-7-5-16(6-8-17)12-14-2-1-11-20-14/h1-2,11,13H,3-10,12H2. The topological polar surface area (TPSA) is 32.8 Å². The lowest BCUT2D eigenvalue weighted by Gasteiger charge is -2.37. The van der Waals surface area contributed by atoms with Gasteiger partial charge in [-0.25, -0.2) is 0 Å². The molecule has 0 saturated carbocycles. The molecule has 0 aromatic carbocycles. The zero-order valence-electron chi connectivity index (χ0n) is 11.8. The monoisotopic (exact) mass is 294 g/mol. The van der Waals surface area contributed by atoms with Crippen LogP contribution in [0, 0.1) is 5.92 Å². The second kappa shape index (κ2) is 6.70. The summed E-state index contributed by atoms with van der Waals surface area (Å²) in [7, 11) is 0. The maximum absolute atomic E-state index is 12.4. The van der Waals surface area contributed by atoms with Gasteiger partial charge in [-0.15, -0.1) is 11.3 Å². The highest BCUT2D eigenvalue weighted by Crippen LogP contribution is 2.19. The van der Waals surface area contributed by atoms with Gasteiger partial charge in [-0.1, -0.05) is 6.07 Å². The van der Waals surface area contributed by atoms with Gasteiger partial charge < -0.3 is 9.64 Å². The van der Waals surface area contributed by atoms with E-state index in [4.69, 9.17) is 4.74 Å². The highest BCUT2D eigenvalue weighted by molar-refractivity contribution is 7.09. The highest BCUT2D eigenvalue weighted by Gasteiger charge is 2.28. The molecular formula is C15H22N2O2S. The fourth-order valence-corrected chi connectivity index (χ4v) is 3.70. The summed E-state index contributed by atoms with van der Waals surface area (Å²) in [5, 5.41) is 2.13. The van der Waals surface area contributed by atoms with E-state index in [1.165, 1.54) is 4.88 Å². The van der Waals surface area contributed by atoms with Crippen molar-refractivity contribution in [3.05, 3.63) is 22.4 Å². The summed E-state index contributed by atoms with van der Waals surface area (Å²) < 4.78 is 5.34. The number of ether oxygens (including phenoxy) is 1. The summed E-state index contributed by atoms with van der Waals surface area (Å²) >= 11 is 1.81. The van der Waals surface area contributed by atoms with E-state index in [1.54, 1.807) is 0 Å². The van der Waals surface area contributed by atoms with Gasteiger partial charge in [0.1, 0.15) is 0 Å². The number of thiophene rings is 1. The van der Waals surface area contributed by atoms with Crippen LogP contribution < -0.4 is 0 Å². The Morgan fingerprint density at radius 2 is 2.00 bits per heavy atom. The molecule has 0 unspecified atom stereocenters. The fraction of sp³-hybridized carbons (Fsp3) is 0.667. The third-order valence-electron chi connectivity index (χ3n) is 4.21. The predicted molar refractivity (Wildman–Crippen MR) is 79.7 cm³/mol. The Morgan fingerprint density at radius 3 is 2.65 bits per heavy atom. The number of amides is 1. The minimum absolute atomic E-state index is 0.201. The van der Waals surface area contributed by atoms with Crippen molar-refractivity contribution < 1.29 is 9.53 Å². The Kier molecular flexibility index (Phi) is 4.70. The molecule has 110 valence electrons. The van der Waals surface area contributed by atoms with Gasteiger partial charge in [0, 0.05) is 56.7 Å². The molecule has 2 aliphatic rings. The van der Waals surface area contributed by atoms with Gasteiger partial charge >= 0.3 is 0 Å². The van der Waals surface area contributed by atoms with Crippen LogP contribution in [-0.2, 0) is 16.1 Å². The summed E-state index contributed by atoms with van der Waals surface area (Å²) in [6, 6.07) is 4.29. The molecule has 1 amide bonds. The highest BCUT2D eigenvalue weighted by atomic mass is 32.1. The minimum Gasteiger partial charge on any atom is -0.381 e. The van der Waals surface area contributed by atoms with Crippen LogP contribution in [-0.4, -0.2) is 55.1 Å². The van der Waals surface area contributed by atoms with Crippen LogP contribution >= 0.6 is 11.3 Å². The zero-order valence-corrected chi connectivity index (χ0v) is 12.6. The van der Waals surface area contributed by atoms with Gasteiger partial charge in [-0.3, -0.25) is 9.69 Å². The molecule has 0 atom stereocenters. The van der Waals surface area contributed by atoms with Crippen LogP contribution in [0.5, 0.6) is 0 Å². The molecule has 0 spiro atoms. The molecule has 2 fully saturated rings. The third-order valence-corrected chi connectivity index (χ3v) is 5.08. The summed E-state index contributed by atoms with van der Waals surface area (Å²) in [6.07, 6.45) is 1.79. The normalized spacial score (nSPS) is 22.1. The molecule has 1 aromatic rings. The van der Waals surface area contributed by atoms with Crippen LogP contribution in [0.25, 0.3) is 0 Å². The number of piperazine rings is 1. The molecular weight excluding hydrogens is 272 g/mol. The number of carbonyl (C=O) groups excluding carboxylic acids is 1. The van der Waals surface area contributed by atoms with Crippen molar-refractivity contribution in [1.29, 1.82) is 0 Å². The number of nitrogens with zero attached hydrogens (tertiary/aromatic N) is 2. The molecule has 3 rings (SSSR count). The number of hydrogen-bond acceptors (Lipinski definition) is 4. The van der Waals surface area contributed by atoms with Crippen molar-refractivity contribution in [3.8, 4) is 0 Å². The summed E-state index contributed by atoms with van der Waals surface area (Å²) in [5.74, 6) is 0.552. The van der Waals surface area contributed by atoms with E-state index in [0.717, 1.165) is 58.8 Å². The Morgan fingerprint density at radius 1 is 1.25 bits per heavy atom. The first-order valence-corrected chi connectivity index (χ1v) is 8.32. The van der Waals surface area contributed by atoms with Crippen LogP contribution in [0.4, 0.5) is 0 Å². The second-order valence-electron chi connectivity index (χ2n) is 5.57. The Hall–Kier alpha value is -0.910. The van der Waals surface area contributed by atoms with Gasteiger partial charge in [-0.05, 0) is 24.3 Å². The smallest absolute Gasteiger partial charge is 0.225 e. The summed E-state index contributed by atoms with van der Waals surface area (Å²) in [4.78, 5) is 18.3. The van der Waals surface area contributed by atoms with Gasteiger partial charge in [-0.2, -0.15) is 0 Å². The molecule has 2 saturated heterocycles. The van der Waals surface area contributed by atoms with E-state index >= 15 is 0 Å². The molecule has 2 aliphatic heterocycles. The lowest BCUT2D eigenvalue weighted by atomic mass is 9.98. The zero-order chi connectivity index (χ0) is 13.8. The maximum atomic E-state index is 12.4. The van der Waals surface area contributed by atoms with Crippen molar-refractivity contribution in [2.75, 3.05) is 39.4 Å². The summed E-state index contributed by atoms with van der Waals surface area (Å²) in [5.41, 5.74) is 0. The van der Waals surface area contributed by atoms with Crippen molar-refractivity contribution in [1.82, 2.24) is 9.80 Å². The molecule has 0 radical (unpaired) electrons. The van der Waals surface area contributed by atoms with Crippen molar-refractivity contribution in [2.45, 2.75) is 19.4 Å². The molecule has 3 heterocycles. The quantitative estimate of drug-likeness (QED) is 0.852. The van der Waals surface area contributed by atoms with E-state index in [1.807, 2.05) is 11.3 Å². The van der Waals surface area contributed by atoms with Gasteiger partial charge in [0.2, 0.25) is 5.91 Å². The summed E-state index contributed by atoms with van der Waals surface area (Å²) in [6.45, 7) is 6.25. The Balaban J connectivity index is 1.46. The number of hydrogen-bond donors (Lipinski definition) is 0. The molecule has 1 aromatic heterocycles. The maximum Gasteiger partial charge on any atom is 0.225 e. The molecule has 5 heteroatoms. The van der Waals surface area contributed by atoms with Crippen molar-refractivity contribution in [2.24, 2.45) is 5.92 Å². The minimum atomic E-state index is 0.201. The second-order valence-corrected chi connectivity index (χ2v) is 6.60. The van der Waals surface area contributed by atoms with E-state index < -0.39 is 0 Å². The SMILES string of the molecule is O=C(C1CCOCC1)N1CCN(Cc2cccs2)CC1.